The summed E-state index contributed by atoms with van der Waals surface area (Å²) in [5, 5.41) is 9.64. The van der Waals surface area contributed by atoms with Gasteiger partial charge in [-0.1, -0.05) is 251 Å². The van der Waals surface area contributed by atoms with Crippen molar-refractivity contribution in [3.63, 3.8) is 0 Å². The van der Waals surface area contributed by atoms with E-state index in [0.717, 1.165) is 103 Å². The molecule has 1 atom stereocenters. The molecule has 0 aromatic heterocycles. The molecule has 392 valence electrons. The van der Waals surface area contributed by atoms with Gasteiger partial charge in [-0.2, -0.15) is 0 Å². The fraction of sp³-hybridized carbons (Fsp3) is 0.656. The Morgan fingerprint density at radius 3 is 0.942 bits per heavy atom. The molecule has 0 amide bonds. The van der Waals surface area contributed by atoms with Gasteiger partial charge >= 0.3 is 11.9 Å². The normalized spacial score (nSPS) is 13.1. The first-order valence-electron chi connectivity index (χ1n) is 28.6. The van der Waals surface area contributed by atoms with Gasteiger partial charge in [0.1, 0.15) is 6.61 Å². The first-order chi connectivity index (χ1) is 34.1. The van der Waals surface area contributed by atoms with E-state index in [1.54, 1.807) is 0 Å². The van der Waals surface area contributed by atoms with E-state index < -0.39 is 6.10 Å². The lowest BCUT2D eigenvalue weighted by Crippen LogP contribution is -2.28. The van der Waals surface area contributed by atoms with Gasteiger partial charge in [0, 0.05) is 12.8 Å². The third-order valence-corrected chi connectivity index (χ3v) is 12.0. The first kappa shape index (κ1) is 65.3. The zero-order valence-electron chi connectivity index (χ0n) is 44.8. The van der Waals surface area contributed by atoms with Crippen molar-refractivity contribution in [2.24, 2.45) is 0 Å². The second-order valence-electron chi connectivity index (χ2n) is 18.6. The lowest BCUT2D eigenvalue weighted by Gasteiger charge is -2.15. The summed E-state index contributed by atoms with van der Waals surface area (Å²) >= 11 is 0. The molecular formula is C64H106O5. The maximum absolute atomic E-state index is 12.3. The number of hydrogen-bond donors (Lipinski definition) is 1. The summed E-state index contributed by atoms with van der Waals surface area (Å²) in [6, 6.07) is 0. The Labute approximate surface area is 426 Å². The number of aliphatic hydroxyl groups excluding tert-OH is 1. The van der Waals surface area contributed by atoms with E-state index in [9.17, 15) is 14.7 Å². The highest BCUT2D eigenvalue weighted by atomic mass is 16.6. The van der Waals surface area contributed by atoms with Crippen LogP contribution in [0, 0.1) is 0 Å². The first-order valence-corrected chi connectivity index (χ1v) is 28.6. The van der Waals surface area contributed by atoms with Crippen LogP contribution in [0.1, 0.15) is 251 Å². The minimum atomic E-state index is -0.784. The zero-order valence-corrected chi connectivity index (χ0v) is 44.8. The van der Waals surface area contributed by atoms with Gasteiger partial charge in [-0.3, -0.25) is 9.59 Å². The summed E-state index contributed by atoms with van der Waals surface area (Å²) in [5.41, 5.74) is 0. The van der Waals surface area contributed by atoms with Crippen LogP contribution in [0.4, 0.5) is 0 Å². The van der Waals surface area contributed by atoms with Crippen molar-refractivity contribution in [3.8, 4) is 0 Å². The van der Waals surface area contributed by atoms with Crippen LogP contribution in [-0.2, 0) is 19.1 Å². The van der Waals surface area contributed by atoms with Crippen LogP contribution in [0.5, 0.6) is 0 Å². The second-order valence-corrected chi connectivity index (χ2v) is 18.6. The van der Waals surface area contributed by atoms with E-state index in [1.807, 2.05) is 0 Å². The predicted octanol–water partition coefficient (Wildman–Crippen LogP) is 19.5. The van der Waals surface area contributed by atoms with Crippen molar-refractivity contribution in [1.29, 1.82) is 0 Å². The number of esters is 2. The fourth-order valence-electron chi connectivity index (χ4n) is 7.72. The average molecular weight is 956 g/mol. The summed E-state index contributed by atoms with van der Waals surface area (Å²) < 4.78 is 10.7. The van der Waals surface area contributed by atoms with Gasteiger partial charge in [0.25, 0.3) is 0 Å². The number of hydrogen-bond acceptors (Lipinski definition) is 5. The maximum Gasteiger partial charge on any atom is 0.306 e. The molecule has 0 aromatic carbocycles. The zero-order chi connectivity index (χ0) is 49.9. The van der Waals surface area contributed by atoms with E-state index in [1.165, 1.54) is 122 Å². The van der Waals surface area contributed by atoms with Gasteiger partial charge in [0.2, 0.25) is 0 Å². The number of allylic oxidation sites excluding steroid dienone is 20. The standard InChI is InChI=1S/C64H106O5/c1-3-5-7-9-11-13-15-17-19-21-22-23-24-25-26-27-28-29-30-31-32-33-34-35-36-37-38-39-40-41-42-43-45-47-49-51-53-55-57-59-64(67)69-62(60-65)61-68-63(66)58-56-54-52-50-48-46-44-20-18-16-14-12-10-8-6-4-2/h5,7,11,13-14,16-17,19-20,22-23,25-26,28-29,31-32,34-35,44,62,65H,3-4,6,8-10,12,15,18,21,24,27,30,33,36-43,45-61H2,1-2H3/b7-5-,13-11-,16-14-,19-17-,23-22-,26-25-,29-28-,32-31-,35-34-,44-20-. The van der Waals surface area contributed by atoms with Crippen LogP contribution in [0.15, 0.2) is 122 Å². The summed E-state index contributed by atoms with van der Waals surface area (Å²) in [5.74, 6) is -0.609. The lowest BCUT2D eigenvalue weighted by atomic mass is 10.0. The minimum Gasteiger partial charge on any atom is -0.462 e. The topological polar surface area (TPSA) is 72.8 Å². The molecule has 0 aliphatic carbocycles. The molecule has 0 bridgehead atoms. The van der Waals surface area contributed by atoms with E-state index in [-0.39, 0.29) is 25.2 Å². The summed E-state index contributed by atoms with van der Waals surface area (Å²) in [6.45, 7) is 4.00. The predicted molar refractivity (Wildman–Crippen MR) is 302 cm³/mol. The quantitative estimate of drug-likeness (QED) is 0.0374. The van der Waals surface area contributed by atoms with Gasteiger partial charge in [-0.15, -0.1) is 0 Å². The monoisotopic (exact) mass is 955 g/mol. The highest BCUT2D eigenvalue weighted by Gasteiger charge is 2.16. The Morgan fingerprint density at radius 2 is 0.623 bits per heavy atom. The van der Waals surface area contributed by atoms with Crippen molar-refractivity contribution in [1.82, 2.24) is 0 Å². The van der Waals surface area contributed by atoms with Crippen LogP contribution in [-0.4, -0.2) is 36.4 Å². The van der Waals surface area contributed by atoms with Crippen LogP contribution in [0.25, 0.3) is 0 Å². The molecule has 1 N–H and O–H groups in total. The van der Waals surface area contributed by atoms with Crippen molar-refractivity contribution >= 4 is 11.9 Å². The highest BCUT2D eigenvalue weighted by Crippen LogP contribution is 2.15. The number of unbranched alkanes of at least 4 members (excludes halogenated alkanes) is 23. The third kappa shape index (κ3) is 56.8. The number of rotatable bonds is 51. The smallest absolute Gasteiger partial charge is 0.306 e. The van der Waals surface area contributed by atoms with Gasteiger partial charge in [-0.05, 0) is 109 Å². The molecule has 0 aliphatic heterocycles. The molecule has 69 heavy (non-hydrogen) atoms. The molecule has 1 unspecified atom stereocenters. The summed E-state index contributed by atoms with van der Waals surface area (Å²) in [4.78, 5) is 24.5. The average Bonchev–Trinajstić information content (AvgIpc) is 3.35. The number of aliphatic hydroxyl groups is 1. The number of carbonyl (C=O) groups excluding carboxylic acids is 2. The van der Waals surface area contributed by atoms with Crippen molar-refractivity contribution in [3.05, 3.63) is 122 Å². The second kappa shape index (κ2) is 58.6. The van der Waals surface area contributed by atoms with Gasteiger partial charge in [0.05, 0.1) is 6.61 Å². The summed E-state index contributed by atoms with van der Waals surface area (Å²) in [7, 11) is 0. The van der Waals surface area contributed by atoms with Crippen LogP contribution in [0.2, 0.25) is 0 Å². The lowest BCUT2D eigenvalue weighted by molar-refractivity contribution is -0.161. The Hall–Kier alpha value is -3.70. The van der Waals surface area contributed by atoms with E-state index in [2.05, 4.69) is 135 Å². The molecule has 0 aliphatic rings. The molecule has 0 spiro atoms. The maximum atomic E-state index is 12.3. The van der Waals surface area contributed by atoms with Crippen LogP contribution >= 0.6 is 0 Å². The minimum absolute atomic E-state index is 0.0773. The Balaban J connectivity index is 3.53. The Morgan fingerprint density at radius 1 is 0.348 bits per heavy atom. The third-order valence-electron chi connectivity index (χ3n) is 12.0. The van der Waals surface area contributed by atoms with Crippen LogP contribution in [0.3, 0.4) is 0 Å². The number of carbonyl (C=O) groups is 2. The SMILES string of the molecule is CC/C=C\C/C=C\C/C=C\C/C=C\C/C=C\C/C=C\C/C=C\C/C=C\CCCCCCCCCCCCCCCCC(=O)OC(CO)COC(=O)CCCCCCC/C=C\C/C=C\CCCCCC. The number of ether oxygens (including phenoxy) is 2. The van der Waals surface area contributed by atoms with Gasteiger partial charge in [-0.25, -0.2) is 0 Å². The van der Waals surface area contributed by atoms with Crippen molar-refractivity contribution < 1.29 is 24.2 Å². The Bertz CT molecular complexity index is 1400. The molecule has 0 fully saturated rings. The molecule has 0 radical (unpaired) electrons. The molecule has 0 aromatic rings. The molecule has 5 heteroatoms. The van der Waals surface area contributed by atoms with Gasteiger partial charge < -0.3 is 14.6 Å². The highest BCUT2D eigenvalue weighted by molar-refractivity contribution is 5.70. The molecule has 5 nitrogen and oxygen atoms in total. The van der Waals surface area contributed by atoms with Crippen LogP contribution < -0.4 is 0 Å². The Kier molecular flexibility index (Phi) is 55.5. The molecule has 0 rings (SSSR count). The molecular weight excluding hydrogens is 849 g/mol. The van der Waals surface area contributed by atoms with E-state index >= 15 is 0 Å². The molecule has 0 heterocycles. The van der Waals surface area contributed by atoms with Gasteiger partial charge in [0.15, 0.2) is 6.10 Å². The summed E-state index contributed by atoms with van der Waals surface area (Å²) in [6.07, 6.45) is 86.0. The van der Waals surface area contributed by atoms with Crippen molar-refractivity contribution in [2.45, 2.75) is 258 Å². The van der Waals surface area contributed by atoms with E-state index in [4.69, 9.17) is 9.47 Å². The van der Waals surface area contributed by atoms with Crippen molar-refractivity contribution in [2.75, 3.05) is 13.2 Å². The fourth-order valence-corrected chi connectivity index (χ4v) is 7.72. The largest absolute Gasteiger partial charge is 0.462 e. The van der Waals surface area contributed by atoms with E-state index in [0.29, 0.717) is 12.8 Å². The molecule has 0 saturated carbocycles. The molecule has 0 saturated heterocycles.